The Kier molecular flexibility index (Phi) is 3.52. The van der Waals surface area contributed by atoms with Crippen LogP contribution in [0.5, 0.6) is 0 Å². The molecule has 0 amide bonds. The van der Waals surface area contributed by atoms with Crippen LogP contribution < -0.4 is 0 Å². The Morgan fingerprint density at radius 1 is 1.21 bits per heavy atom. The zero-order chi connectivity index (χ0) is 10.7. The maximum Gasteiger partial charge on any atom is 0.194 e. The number of benzene rings is 1. The summed E-state index contributed by atoms with van der Waals surface area (Å²) in [5.41, 5.74) is 0.295. The minimum absolute atomic E-state index is 0.295. The molecule has 0 radical (unpaired) electrons. The summed E-state index contributed by atoms with van der Waals surface area (Å²) in [6.07, 6.45) is -0.440. The van der Waals surface area contributed by atoms with Gasteiger partial charge < -0.3 is 4.74 Å². The van der Waals surface area contributed by atoms with Crippen molar-refractivity contribution in [1.82, 2.24) is 0 Å². The van der Waals surface area contributed by atoms with E-state index in [1.165, 1.54) is 0 Å². The lowest BCUT2D eigenvalue weighted by molar-refractivity contribution is 0.0758. The Morgan fingerprint density at radius 3 is 2.14 bits per heavy atom. The summed E-state index contributed by atoms with van der Waals surface area (Å²) in [7, 11) is 0. The van der Waals surface area contributed by atoms with Crippen molar-refractivity contribution >= 4 is 0 Å². The molecule has 0 aromatic heterocycles. The summed E-state index contributed by atoms with van der Waals surface area (Å²) in [5, 5.41) is 0. The third kappa shape index (κ3) is 2.26. The van der Waals surface area contributed by atoms with Crippen LogP contribution in [0.25, 0.3) is 0 Å². The molecule has 1 rings (SSSR count). The lowest BCUT2D eigenvalue weighted by atomic mass is 10.1. The number of rotatable bonds is 3. The van der Waals surface area contributed by atoms with Gasteiger partial charge >= 0.3 is 0 Å². The second kappa shape index (κ2) is 4.46. The molecule has 1 unspecified atom stereocenters. The van der Waals surface area contributed by atoms with E-state index in [4.69, 9.17) is 4.74 Å². The molecule has 0 saturated carbocycles. The Balaban J connectivity index is 3.00. The second-order valence-corrected chi connectivity index (χ2v) is 2.90. The molecule has 0 spiro atoms. The lowest BCUT2D eigenvalue weighted by Gasteiger charge is -2.12. The molecule has 0 saturated heterocycles. The predicted molar refractivity (Wildman–Crippen MR) is 46.4 cm³/mol. The van der Waals surface area contributed by atoms with Crippen LogP contribution in [0, 0.1) is 17.5 Å². The van der Waals surface area contributed by atoms with Crippen molar-refractivity contribution in [3.8, 4) is 0 Å². The molecule has 1 aromatic carbocycles. The molecule has 0 aliphatic carbocycles. The van der Waals surface area contributed by atoms with E-state index in [-0.39, 0.29) is 0 Å². The zero-order valence-corrected chi connectivity index (χ0v) is 7.98. The van der Waals surface area contributed by atoms with Gasteiger partial charge in [-0.2, -0.15) is 0 Å². The van der Waals surface area contributed by atoms with Gasteiger partial charge in [0.15, 0.2) is 17.5 Å². The molecule has 78 valence electrons. The maximum absolute atomic E-state index is 12.8. The molecule has 0 aliphatic heterocycles. The highest BCUT2D eigenvalue weighted by Crippen LogP contribution is 2.21. The van der Waals surface area contributed by atoms with Crippen LogP contribution in [0.2, 0.25) is 0 Å². The van der Waals surface area contributed by atoms with Crippen molar-refractivity contribution in [2.75, 3.05) is 6.61 Å². The molecule has 4 heteroatoms. The van der Waals surface area contributed by atoms with E-state index in [0.29, 0.717) is 12.2 Å². The highest BCUT2D eigenvalue weighted by molar-refractivity contribution is 5.21. The molecule has 0 aliphatic rings. The molecule has 0 N–H and O–H groups in total. The second-order valence-electron chi connectivity index (χ2n) is 2.90. The first-order valence-corrected chi connectivity index (χ1v) is 4.32. The average Bonchev–Trinajstić information content (AvgIpc) is 2.13. The van der Waals surface area contributed by atoms with Gasteiger partial charge in [-0.05, 0) is 31.5 Å². The topological polar surface area (TPSA) is 9.23 Å². The fourth-order valence-corrected chi connectivity index (χ4v) is 1.16. The van der Waals surface area contributed by atoms with Crippen LogP contribution in [0.1, 0.15) is 25.5 Å². The van der Waals surface area contributed by atoms with Crippen molar-refractivity contribution in [3.05, 3.63) is 35.1 Å². The largest absolute Gasteiger partial charge is 0.374 e. The normalized spacial score (nSPS) is 12.9. The van der Waals surface area contributed by atoms with E-state index >= 15 is 0 Å². The standard InChI is InChI=1S/C10H11F3O/c1-3-14-6(2)7-4-8(11)10(13)9(12)5-7/h4-6H,3H2,1-2H3. The van der Waals surface area contributed by atoms with E-state index < -0.39 is 23.6 Å². The fourth-order valence-electron chi connectivity index (χ4n) is 1.16. The molecular weight excluding hydrogens is 193 g/mol. The first-order valence-electron chi connectivity index (χ1n) is 4.32. The van der Waals surface area contributed by atoms with Gasteiger partial charge in [0.2, 0.25) is 0 Å². The van der Waals surface area contributed by atoms with E-state index in [0.717, 1.165) is 12.1 Å². The van der Waals surface area contributed by atoms with Gasteiger partial charge in [0.1, 0.15) is 0 Å². The number of halogens is 3. The van der Waals surface area contributed by atoms with E-state index in [2.05, 4.69) is 0 Å². The van der Waals surface area contributed by atoms with Crippen LogP contribution in [0.3, 0.4) is 0 Å². The third-order valence-electron chi connectivity index (χ3n) is 1.89. The van der Waals surface area contributed by atoms with Gasteiger partial charge in [0.05, 0.1) is 6.10 Å². The van der Waals surface area contributed by atoms with Gasteiger partial charge in [0.25, 0.3) is 0 Å². The minimum atomic E-state index is -1.45. The smallest absolute Gasteiger partial charge is 0.194 e. The molecule has 0 heterocycles. The van der Waals surface area contributed by atoms with Crippen LogP contribution in [-0.2, 0) is 4.74 Å². The first-order chi connectivity index (χ1) is 6.56. The van der Waals surface area contributed by atoms with Crippen molar-refractivity contribution in [1.29, 1.82) is 0 Å². The Labute approximate surface area is 80.5 Å². The highest BCUT2D eigenvalue weighted by atomic mass is 19.2. The highest BCUT2D eigenvalue weighted by Gasteiger charge is 2.14. The number of hydrogen-bond acceptors (Lipinski definition) is 1. The SMILES string of the molecule is CCOC(C)c1cc(F)c(F)c(F)c1. The molecule has 1 atom stereocenters. The summed E-state index contributed by atoms with van der Waals surface area (Å²) in [6.45, 7) is 3.85. The van der Waals surface area contributed by atoms with Crippen LogP contribution in [0.4, 0.5) is 13.2 Å². The van der Waals surface area contributed by atoms with Crippen molar-refractivity contribution in [2.45, 2.75) is 20.0 Å². The van der Waals surface area contributed by atoms with Crippen LogP contribution in [0.15, 0.2) is 12.1 Å². The minimum Gasteiger partial charge on any atom is -0.374 e. The monoisotopic (exact) mass is 204 g/mol. The quantitative estimate of drug-likeness (QED) is 0.687. The van der Waals surface area contributed by atoms with Crippen molar-refractivity contribution in [2.24, 2.45) is 0 Å². The maximum atomic E-state index is 12.8. The first kappa shape index (κ1) is 11.0. The molecular formula is C10H11F3O. The predicted octanol–water partition coefficient (Wildman–Crippen LogP) is 3.20. The zero-order valence-electron chi connectivity index (χ0n) is 7.98. The van der Waals surface area contributed by atoms with Crippen LogP contribution >= 0.6 is 0 Å². The van der Waals surface area contributed by atoms with E-state index in [9.17, 15) is 13.2 Å². The average molecular weight is 204 g/mol. The van der Waals surface area contributed by atoms with Gasteiger partial charge in [-0.25, -0.2) is 13.2 Å². The summed E-state index contributed by atoms with van der Waals surface area (Å²) in [6, 6.07) is 1.89. The summed E-state index contributed by atoms with van der Waals surface area (Å²) in [4.78, 5) is 0. The van der Waals surface area contributed by atoms with Crippen LogP contribution in [-0.4, -0.2) is 6.61 Å². The van der Waals surface area contributed by atoms with E-state index in [1.54, 1.807) is 13.8 Å². The van der Waals surface area contributed by atoms with Crippen molar-refractivity contribution in [3.63, 3.8) is 0 Å². The summed E-state index contributed by atoms with van der Waals surface area (Å²) in [5.74, 6) is -3.82. The van der Waals surface area contributed by atoms with E-state index in [1.807, 2.05) is 0 Å². The molecule has 14 heavy (non-hydrogen) atoms. The van der Waals surface area contributed by atoms with Gasteiger partial charge in [-0.1, -0.05) is 0 Å². The lowest BCUT2D eigenvalue weighted by Crippen LogP contribution is -2.02. The molecule has 0 bridgehead atoms. The number of hydrogen-bond donors (Lipinski definition) is 0. The Bertz CT molecular complexity index is 302. The Morgan fingerprint density at radius 2 is 1.71 bits per heavy atom. The number of ether oxygens (including phenoxy) is 1. The third-order valence-corrected chi connectivity index (χ3v) is 1.89. The summed E-state index contributed by atoms with van der Waals surface area (Å²) >= 11 is 0. The van der Waals surface area contributed by atoms with Crippen molar-refractivity contribution < 1.29 is 17.9 Å². The molecule has 1 aromatic rings. The summed E-state index contributed by atoms with van der Waals surface area (Å²) < 4.78 is 43.2. The van der Waals surface area contributed by atoms with Gasteiger partial charge in [-0.15, -0.1) is 0 Å². The molecule has 1 nitrogen and oxygen atoms in total. The fraction of sp³-hybridized carbons (Fsp3) is 0.400. The molecule has 0 fully saturated rings. The van der Waals surface area contributed by atoms with Gasteiger partial charge in [0, 0.05) is 6.61 Å². The van der Waals surface area contributed by atoms with Gasteiger partial charge in [-0.3, -0.25) is 0 Å². The Hall–Kier alpha value is -1.03.